The van der Waals surface area contributed by atoms with Gasteiger partial charge < -0.3 is 14.4 Å². The lowest BCUT2D eigenvalue weighted by Crippen LogP contribution is -2.44. The minimum Gasteiger partial charge on any atom is -0.345 e. The van der Waals surface area contributed by atoms with Gasteiger partial charge in [0, 0.05) is 41.4 Å². The second kappa shape index (κ2) is 13.5. The minimum absolute atomic E-state index is 0.0140. The second-order valence-corrected chi connectivity index (χ2v) is 10.8. The molecule has 0 aliphatic heterocycles. The summed E-state index contributed by atoms with van der Waals surface area (Å²) in [6.07, 6.45) is 4.23. The molecule has 2 heterocycles. The van der Waals surface area contributed by atoms with Gasteiger partial charge in [-0.1, -0.05) is 63.1 Å². The summed E-state index contributed by atoms with van der Waals surface area (Å²) < 4.78 is 2.14. The average molecular weight is 514 g/mol. The van der Waals surface area contributed by atoms with Crippen molar-refractivity contribution in [2.24, 2.45) is 5.92 Å². The number of amides is 2. The van der Waals surface area contributed by atoms with Crippen LogP contribution in [0.5, 0.6) is 0 Å². The van der Waals surface area contributed by atoms with E-state index in [1.54, 1.807) is 16.2 Å². The van der Waals surface area contributed by atoms with Crippen molar-refractivity contribution >= 4 is 34.8 Å². The molecule has 0 unspecified atom stereocenters. The first-order valence-electron chi connectivity index (χ1n) is 12.3. The van der Waals surface area contributed by atoms with Crippen LogP contribution >= 0.6 is 22.9 Å². The van der Waals surface area contributed by atoms with Gasteiger partial charge in [0.1, 0.15) is 0 Å². The van der Waals surface area contributed by atoms with E-state index in [0.29, 0.717) is 38.5 Å². The van der Waals surface area contributed by atoms with Crippen LogP contribution in [0.2, 0.25) is 5.02 Å². The van der Waals surface area contributed by atoms with Gasteiger partial charge in [-0.3, -0.25) is 9.59 Å². The first-order chi connectivity index (χ1) is 16.9. The zero-order valence-electron chi connectivity index (χ0n) is 21.0. The molecule has 0 fully saturated rings. The minimum atomic E-state index is -0.0140. The number of benzene rings is 1. The van der Waals surface area contributed by atoms with E-state index < -0.39 is 0 Å². The molecule has 0 saturated carbocycles. The molecule has 0 saturated heterocycles. The molecular formula is C28H36ClN3O2S. The SMILES string of the molecule is CCCCN(CC(=O)N(Cc1cccn1Cc1ccccc1Cl)CC(C)C)C(=O)Cc1cccs1. The van der Waals surface area contributed by atoms with Crippen LogP contribution in [0.25, 0.3) is 0 Å². The maximum atomic E-state index is 13.5. The Morgan fingerprint density at radius 2 is 1.83 bits per heavy atom. The number of carbonyl (C=O) groups is 2. The molecule has 0 bridgehead atoms. The van der Waals surface area contributed by atoms with Crippen molar-refractivity contribution in [1.82, 2.24) is 14.4 Å². The number of hydrogen-bond donors (Lipinski definition) is 0. The maximum absolute atomic E-state index is 13.5. The van der Waals surface area contributed by atoms with Crippen molar-refractivity contribution in [3.63, 3.8) is 0 Å². The van der Waals surface area contributed by atoms with Crippen molar-refractivity contribution < 1.29 is 9.59 Å². The highest BCUT2D eigenvalue weighted by molar-refractivity contribution is 7.10. The van der Waals surface area contributed by atoms with Gasteiger partial charge in [0.15, 0.2) is 0 Å². The molecule has 3 aromatic rings. The van der Waals surface area contributed by atoms with E-state index in [4.69, 9.17) is 11.6 Å². The Morgan fingerprint density at radius 3 is 2.51 bits per heavy atom. The van der Waals surface area contributed by atoms with Crippen LogP contribution < -0.4 is 0 Å². The molecule has 0 spiro atoms. The van der Waals surface area contributed by atoms with Crippen molar-refractivity contribution in [3.8, 4) is 0 Å². The number of carbonyl (C=O) groups excluding carboxylic acids is 2. The molecule has 0 aliphatic rings. The summed E-state index contributed by atoms with van der Waals surface area (Å²) in [7, 11) is 0. The van der Waals surface area contributed by atoms with E-state index >= 15 is 0 Å². The molecule has 188 valence electrons. The van der Waals surface area contributed by atoms with Crippen LogP contribution in [0.15, 0.2) is 60.1 Å². The van der Waals surface area contributed by atoms with Crippen LogP contribution in [0.4, 0.5) is 0 Å². The summed E-state index contributed by atoms with van der Waals surface area (Å²) in [5.74, 6) is 0.317. The Kier molecular flexibility index (Phi) is 10.4. The van der Waals surface area contributed by atoms with E-state index in [9.17, 15) is 9.59 Å². The van der Waals surface area contributed by atoms with Crippen LogP contribution in [0.1, 0.15) is 49.7 Å². The van der Waals surface area contributed by atoms with Gasteiger partial charge >= 0.3 is 0 Å². The summed E-state index contributed by atoms with van der Waals surface area (Å²) in [6, 6.07) is 15.8. The number of rotatable bonds is 13. The number of nitrogens with zero attached hydrogens (tertiary/aromatic N) is 3. The van der Waals surface area contributed by atoms with Gasteiger partial charge in [-0.25, -0.2) is 0 Å². The normalized spacial score (nSPS) is 11.1. The molecule has 0 N–H and O–H groups in total. The first-order valence-corrected chi connectivity index (χ1v) is 13.6. The van der Waals surface area contributed by atoms with Gasteiger partial charge in [0.2, 0.25) is 11.8 Å². The lowest BCUT2D eigenvalue weighted by Gasteiger charge is -2.29. The highest BCUT2D eigenvalue weighted by Gasteiger charge is 2.23. The molecule has 2 amide bonds. The Hall–Kier alpha value is -2.57. The van der Waals surface area contributed by atoms with E-state index in [1.165, 1.54) is 0 Å². The molecule has 35 heavy (non-hydrogen) atoms. The standard InChI is InChI=1S/C28H36ClN3O2S/c1-4-5-14-31(27(33)17-25-12-9-16-35-25)21-28(34)32(18-22(2)3)20-24-11-8-15-30(24)19-23-10-6-7-13-26(23)29/h6-13,15-16,22H,4-5,14,17-21H2,1-3H3. The van der Waals surface area contributed by atoms with Gasteiger partial charge in [-0.05, 0) is 47.5 Å². The van der Waals surface area contributed by atoms with Crippen molar-refractivity contribution in [3.05, 3.63) is 81.3 Å². The van der Waals surface area contributed by atoms with E-state index in [-0.39, 0.29) is 18.4 Å². The Labute approximate surface area is 218 Å². The fraction of sp³-hybridized carbons (Fsp3) is 0.429. The number of thiophene rings is 1. The first kappa shape index (κ1) is 27.0. The molecular weight excluding hydrogens is 478 g/mol. The lowest BCUT2D eigenvalue weighted by molar-refractivity contribution is -0.141. The van der Waals surface area contributed by atoms with E-state index in [2.05, 4.69) is 25.3 Å². The summed E-state index contributed by atoms with van der Waals surface area (Å²) in [4.78, 5) is 31.2. The third-order valence-electron chi connectivity index (χ3n) is 5.88. The average Bonchev–Trinajstić information content (AvgIpc) is 3.49. The fourth-order valence-electron chi connectivity index (χ4n) is 4.03. The zero-order valence-corrected chi connectivity index (χ0v) is 22.5. The Balaban J connectivity index is 1.73. The number of halogens is 1. The molecule has 2 aromatic heterocycles. The van der Waals surface area contributed by atoms with Crippen LogP contribution in [-0.2, 0) is 29.1 Å². The zero-order chi connectivity index (χ0) is 25.2. The van der Waals surface area contributed by atoms with Crippen molar-refractivity contribution in [1.29, 1.82) is 0 Å². The summed E-state index contributed by atoms with van der Waals surface area (Å²) in [6.45, 7) is 8.81. The van der Waals surface area contributed by atoms with Crippen LogP contribution in [0.3, 0.4) is 0 Å². The molecule has 0 radical (unpaired) electrons. The predicted octanol–water partition coefficient (Wildman–Crippen LogP) is 6.11. The Bertz CT molecular complexity index is 1080. The van der Waals surface area contributed by atoms with Gasteiger partial charge in [0.05, 0.1) is 19.5 Å². The lowest BCUT2D eigenvalue weighted by atomic mass is 10.2. The number of aromatic nitrogens is 1. The molecule has 1 aromatic carbocycles. The van der Waals surface area contributed by atoms with Crippen LogP contribution in [-0.4, -0.2) is 45.8 Å². The predicted molar refractivity (Wildman–Crippen MR) is 145 cm³/mol. The smallest absolute Gasteiger partial charge is 0.242 e. The third-order valence-corrected chi connectivity index (χ3v) is 7.12. The van der Waals surface area contributed by atoms with Gasteiger partial charge in [-0.15, -0.1) is 11.3 Å². The molecule has 0 atom stereocenters. The monoisotopic (exact) mass is 513 g/mol. The van der Waals surface area contributed by atoms with E-state index in [1.807, 2.05) is 65.0 Å². The van der Waals surface area contributed by atoms with Gasteiger partial charge in [-0.2, -0.15) is 0 Å². The van der Waals surface area contributed by atoms with Crippen LogP contribution in [0, 0.1) is 5.92 Å². The van der Waals surface area contributed by atoms with E-state index in [0.717, 1.165) is 34.0 Å². The van der Waals surface area contributed by atoms with Crippen molar-refractivity contribution in [2.45, 2.75) is 53.1 Å². The number of hydrogen-bond acceptors (Lipinski definition) is 3. The molecule has 0 aliphatic carbocycles. The van der Waals surface area contributed by atoms with Crippen molar-refractivity contribution in [2.75, 3.05) is 19.6 Å². The number of unbranched alkanes of at least 4 members (excludes halogenated alkanes) is 1. The highest BCUT2D eigenvalue weighted by atomic mass is 35.5. The topological polar surface area (TPSA) is 45.6 Å². The maximum Gasteiger partial charge on any atom is 0.242 e. The fourth-order valence-corrected chi connectivity index (χ4v) is 4.92. The van der Waals surface area contributed by atoms with Gasteiger partial charge in [0.25, 0.3) is 0 Å². The quantitative estimate of drug-likeness (QED) is 0.277. The molecule has 7 heteroatoms. The summed E-state index contributed by atoms with van der Waals surface area (Å²) >= 11 is 7.96. The summed E-state index contributed by atoms with van der Waals surface area (Å²) in [5.41, 5.74) is 2.09. The second-order valence-electron chi connectivity index (χ2n) is 9.31. The third kappa shape index (κ3) is 8.25. The molecule has 5 nitrogen and oxygen atoms in total. The largest absolute Gasteiger partial charge is 0.345 e. The Morgan fingerprint density at radius 1 is 1.03 bits per heavy atom. The molecule has 3 rings (SSSR count). The highest BCUT2D eigenvalue weighted by Crippen LogP contribution is 2.19. The summed E-state index contributed by atoms with van der Waals surface area (Å²) in [5, 5.41) is 2.71.